The third-order valence-electron chi connectivity index (χ3n) is 5.22. The van der Waals surface area contributed by atoms with Gasteiger partial charge in [-0.25, -0.2) is 8.42 Å². The number of rotatable bonds is 9. The molecule has 0 fully saturated rings. The predicted molar refractivity (Wildman–Crippen MR) is 131 cm³/mol. The van der Waals surface area contributed by atoms with E-state index in [0.29, 0.717) is 12.3 Å². The molecule has 6 nitrogen and oxygen atoms in total. The van der Waals surface area contributed by atoms with Crippen LogP contribution < -0.4 is 14.4 Å². The average Bonchev–Trinajstić information content (AvgIpc) is 2.77. The standard InChI is InChI=1S/C26H30N2O4S/c1-5-32-23-8-6-7-22(16-23)17-27-26(29)18-28(25-14-11-20(3)15-21(25)4)33(30,31)24-12-9-19(2)10-13-24/h6-16H,5,17-18H2,1-4H3,(H,27,29). The van der Waals surface area contributed by atoms with Gasteiger partial charge in [-0.15, -0.1) is 0 Å². The molecule has 0 heterocycles. The van der Waals surface area contributed by atoms with Gasteiger partial charge < -0.3 is 10.1 Å². The van der Waals surface area contributed by atoms with E-state index < -0.39 is 15.9 Å². The summed E-state index contributed by atoms with van der Waals surface area (Å²) in [6, 6.07) is 19.6. The molecular weight excluding hydrogens is 436 g/mol. The van der Waals surface area contributed by atoms with Gasteiger partial charge in [0.05, 0.1) is 17.2 Å². The normalized spacial score (nSPS) is 11.2. The molecule has 0 aliphatic carbocycles. The van der Waals surface area contributed by atoms with Crippen LogP contribution in [0.5, 0.6) is 5.75 Å². The van der Waals surface area contributed by atoms with Crippen molar-refractivity contribution in [2.24, 2.45) is 0 Å². The van der Waals surface area contributed by atoms with Crippen LogP contribution in [0.1, 0.15) is 29.2 Å². The van der Waals surface area contributed by atoms with Gasteiger partial charge in [-0.2, -0.15) is 0 Å². The first-order chi connectivity index (χ1) is 15.7. The Bertz CT molecular complexity index is 1220. The van der Waals surface area contributed by atoms with Gasteiger partial charge in [0.1, 0.15) is 12.3 Å². The Balaban J connectivity index is 1.86. The Labute approximate surface area is 196 Å². The van der Waals surface area contributed by atoms with Crippen LogP contribution in [0.3, 0.4) is 0 Å². The summed E-state index contributed by atoms with van der Waals surface area (Å²) >= 11 is 0. The van der Waals surface area contributed by atoms with Crippen molar-refractivity contribution in [3.05, 3.63) is 89.0 Å². The number of sulfonamides is 1. The van der Waals surface area contributed by atoms with Crippen LogP contribution in [0.4, 0.5) is 5.69 Å². The highest BCUT2D eigenvalue weighted by atomic mass is 32.2. The van der Waals surface area contributed by atoms with Crippen LogP contribution in [-0.4, -0.2) is 27.5 Å². The molecule has 0 aliphatic rings. The minimum Gasteiger partial charge on any atom is -0.494 e. The van der Waals surface area contributed by atoms with E-state index in [0.717, 1.165) is 28.0 Å². The van der Waals surface area contributed by atoms with Gasteiger partial charge in [-0.05, 0) is 69.2 Å². The van der Waals surface area contributed by atoms with Crippen molar-refractivity contribution in [3.63, 3.8) is 0 Å². The van der Waals surface area contributed by atoms with E-state index in [4.69, 9.17) is 4.74 Å². The number of amides is 1. The van der Waals surface area contributed by atoms with Crippen LogP contribution in [0, 0.1) is 20.8 Å². The van der Waals surface area contributed by atoms with E-state index in [-0.39, 0.29) is 18.0 Å². The molecule has 0 aliphatic heterocycles. The lowest BCUT2D eigenvalue weighted by Gasteiger charge is -2.26. The molecular formula is C26H30N2O4S. The number of carbonyl (C=O) groups is 1. The van der Waals surface area contributed by atoms with Gasteiger partial charge in [-0.1, -0.05) is 47.5 Å². The minimum atomic E-state index is -3.95. The van der Waals surface area contributed by atoms with Crippen molar-refractivity contribution in [2.75, 3.05) is 17.5 Å². The van der Waals surface area contributed by atoms with Crippen molar-refractivity contribution in [1.82, 2.24) is 5.32 Å². The molecule has 174 valence electrons. The second-order valence-corrected chi connectivity index (χ2v) is 9.83. The molecule has 0 unspecified atom stereocenters. The fraction of sp³-hybridized carbons (Fsp3) is 0.269. The average molecular weight is 467 g/mol. The van der Waals surface area contributed by atoms with E-state index in [2.05, 4.69) is 5.32 Å². The van der Waals surface area contributed by atoms with Crippen LogP contribution in [0.2, 0.25) is 0 Å². The van der Waals surface area contributed by atoms with E-state index in [1.807, 2.05) is 64.1 Å². The second kappa shape index (κ2) is 10.5. The summed E-state index contributed by atoms with van der Waals surface area (Å²) in [7, 11) is -3.95. The van der Waals surface area contributed by atoms with Crippen LogP contribution in [0.25, 0.3) is 0 Å². The maximum atomic E-state index is 13.5. The summed E-state index contributed by atoms with van der Waals surface area (Å²) in [5, 5.41) is 2.83. The summed E-state index contributed by atoms with van der Waals surface area (Å²) in [6.07, 6.45) is 0. The Hall–Kier alpha value is -3.32. The molecule has 7 heteroatoms. The summed E-state index contributed by atoms with van der Waals surface area (Å²) in [4.78, 5) is 13.0. The molecule has 3 aromatic carbocycles. The topological polar surface area (TPSA) is 75.7 Å². The van der Waals surface area contributed by atoms with Gasteiger partial charge >= 0.3 is 0 Å². The number of nitrogens with zero attached hydrogens (tertiary/aromatic N) is 1. The molecule has 0 bridgehead atoms. The largest absolute Gasteiger partial charge is 0.494 e. The summed E-state index contributed by atoms with van der Waals surface area (Å²) in [6.45, 7) is 8.08. The summed E-state index contributed by atoms with van der Waals surface area (Å²) in [5.41, 5.74) is 4.10. The molecule has 0 spiro atoms. The Morgan fingerprint density at radius 2 is 1.64 bits per heavy atom. The van der Waals surface area contributed by atoms with E-state index in [9.17, 15) is 13.2 Å². The van der Waals surface area contributed by atoms with Gasteiger partial charge in [-0.3, -0.25) is 9.10 Å². The number of nitrogens with one attached hydrogen (secondary N) is 1. The highest BCUT2D eigenvalue weighted by molar-refractivity contribution is 7.92. The fourth-order valence-corrected chi connectivity index (χ4v) is 5.01. The van der Waals surface area contributed by atoms with Gasteiger partial charge in [0, 0.05) is 6.54 Å². The van der Waals surface area contributed by atoms with E-state index in [1.54, 1.807) is 30.3 Å². The highest BCUT2D eigenvalue weighted by Crippen LogP contribution is 2.27. The first-order valence-electron chi connectivity index (χ1n) is 10.9. The van der Waals surface area contributed by atoms with Crippen molar-refractivity contribution in [1.29, 1.82) is 0 Å². The Morgan fingerprint density at radius 3 is 2.30 bits per heavy atom. The number of anilines is 1. The molecule has 0 saturated carbocycles. The molecule has 1 N–H and O–H groups in total. The minimum absolute atomic E-state index is 0.144. The zero-order valence-electron chi connectivity index (χ0n) is 19.5. The third-order valence-corrected chi connectivity index (χ3v) is 6.99. The summed E-state index contributed by atoms with van der Waals surface area (Å²) in [5.74, 6) is 0.329. The SMILES string of the molecule is CCOc1cccc(CNC(=O)CN(c2ccc(C)cc2C)S(=O)(=O)c2ccc(C)cc2)c1. The Kier molecular flexibility index (Phi) is 7.76. The fourth-order valence-electron chi connectivity index (χ4n) is 3.52. The Morgan fingerprint density at radius 1 is 0.939 bits per heavy atom. The lowest BCUT2D eigenvalue weighted by Crippen LogP contribution is -2.41. The lowest BCUT2D eigenvalue weighted by molar-refractivity contribution is -0.119. The molecule has 3 rings (SSSR count). The predicted octanol–water partition coefficient (Wildman–Crippen LogP) is 4.52. The molecule has 0 atom stereocenters. The molecule has 0 aromatic heterocycles. The monoisotopic (exact) mass is 466 g/mol. The van der Waals surface area contributed by atoms with Gasteiger partial charge in [0.15, 0.2) is 0 Å². The van der Waals surface area contributed by atoms with E-state index in [1.165, 1.54) is 4.31 Å². The smallest absolute Gasteiger partial charge is 0.264 e. The summed E-state index contributed by atoms with van der Waals surface area (Å²) < 4.78 is 33.8. The van der Waals surface area contributed by atoms with Gasteiger partial charge in [0.25, 0.3) is 10.0 Å². The highest BCUT2D eigenvalue weighted by Gasteiger charge is 2.28. The number of benzene rings is 3. The maximum absolute atomic E-state index is 13.5. The first kappa shape index (κ1) is 24.3. The quantitative estimate of drug-likeness (QED) is 0.503. The van der Waals surface area contributed by atoms with Crippen LogP contribution in [0.15, 0.2) is 71.6 Å². The number of carbonyl (C=O) groups excluding carboxylic acids is 1. The zero-order chi connectivity index (χ0) is 24.0. The van der Waals surface area contributed by atoms with Crippen molar-refractivity contribution >= 4 is 21.6 Å². The van der Waals surface area contributed by atoms with Crippen molar-refractivity contribution < 1.29 is 17.9 Å². The molecule has 33 heavy (non-hydrogen) atoms. The van der Waals surface area contributed by atoms with Crippen molar-refractivity contribution in [3.8, 4) is 5.75 Å². The molecule has 0 saturated heterocycles. The molecule has 3 aromatic rings. The number of aryl methyl sites for hydroxylation is 3. The molecule has 0 radical (unpaired) electrons. The zero-order valence-corrected chi connectivity index (χ0v) is 20.3. The van der Waals surface area contributed by atoms with Crippen molar-refractivity contribution in [2.45, 2.75) is 39.1 Å². The van der Waals surface area contributed by atoms with Crippen LogP contribution >= 0.6 is 0 Å². The maximum Gasteiger partial charge on any atom is 0.264 e. The number of hydrogen-bond donors (Lipinski definition) is 1. The van der Waals surface area contributed by atoms with E-state index >= 15 is 0 Å². The lowest BCUT2D eigenvalue weighted by atomic mass is 10.1. The second-order valence-electron chi connectivity index (χ2n) is 7.97. The number of ether oxygens (including phenoxy) is 1. The van der Waals surface area contributed by atoms with Gasteiger partial charge in [0.2, 0.25) is 5.91 Å². The first-order valence-corrected chi connectivity index (χ1v) is 12.3. The van der Waals surface area contributed by atoms with Crippen LogP contribution in [-0.2, 0) is 21.4 Å². The third kappa shape index (κ3) is 6.14. The molecule has 1 amide bonds. The number of hydrogen-bond acceptors (Lipinski definition) is 4.